The van der Waals surface area contributed by atoms with E-state index in [0.717, 1.165) is 27.8 Å². The van der Waals surface area contributed by atoms with Gasteiger partial charge in [0.1, 0.15) is 11.0 Å². The minimum Gasteiger partial charge on any atom is -0.325 e. The van der Waals surface area contributed by atoms with Crippen LogP contribution >= 0.6 is 0 Å². The number of anilines is 1. The lowest BCUT2D eigenvalue weighted by atomic mass is 9.90. The highest BCUT2D eigenvalue weighted by Gasteiger charge is 2.23. The summed E-state index contributed by atoms with van der Waals surface area (Å²) in [7, 11) is 0. The van der Waals surface area contributed by atoms with E-state index in [4.69, 9.17) is 0 Å². The molecular formula is C29H26N4O. The molecule has 1 aromatic heterocycles. The van der Waals surface area contributed by atoms with E-state index in [2.05, 4.69) is 41.5 Å². The van der Waals surface area contributed by atoms with Gasteiger partial charge in [-0.2, -0.15) is 4.80 Å². The van der Waals surface area contributed by atoms with E-state index in [-0.39, 0.29) is 5.91 Å². The third kappa shape index (κ3) is 4.46. The smallest absolute Gasteiger partial charge is 0.236 e. The van der Waals surface area contributed by atoms with Crippen molar-refractivity contribution in [3.8, 4) is 5.69 Å². The third-order valence-electron chi connectivity index (χ3n) is 5.97. The van der Waals surface area contributed by atoms with Gasteiger partial charge >= 0.3 is 0 Å². The maximum absolute atomic E-state index is 13.4. The van der Waals surface area contributed by atoms with Gasteiger partial charge in [0.25, 0.3) is 0 Å². The van der Waals surface area contributed by atoms with E-state index in [1.54, 1.807) is 4.80 Å². The summed E-state index contributed by atoms with van der Waals surface area (Å²) in [5.41, 5.74) is 6.26. The van der Waals surface area contributed by atoms with Crippen molar-refractivity contribution in [1.82, 2.24) is 15.0 Å². The summed E-state index contributed by atoms with van der Waals surface area (Å²) >= 11 is 0. The number of fused-ring (bicyclic) bond motifs is 1. The molecule has 0 aliphatic carbocycles. The van der Waals surface area contributed by atoms with Crippen LogP contribution in [-0.2, 0) is 4.79 Å². The minimum atomic E-state index is -0.409. The zero-order chi connectivity index (χ0) is 23.5. The summed E-state index contributed by atoms with van der Waals surface area (Å²) in [6, 6.07) is 33.6. The zero-order valence-electron chi connectivity index (χ0n) is 19.2. The van der Waals surface area contributed by atoms with Crippen LogP contribution in [0.3, 0.4) is 0 Å². The van der Waals surface area contributed by atoms with E-state index in [9.17, 15) is 4.79 Å². The average Bonchev–Trinajstić information content (AvgIpc) is 3.29. The maximum atomic E-state index is 13.4. The monoisotopic (exact) mass is 446 g/mol. The van der Waals surface area contributed by atoms with Gasteiger partial charge in [-0.1, -0.05) is 86.6 Å². The number of rotatable bonds is 6. The third-order valence-corrected chi connectivity index (χ3v) is 5.97. The van der Waals surface area contributed by atoms with E-state index in [1.807, 2.05) is 91.0 Å². The number of nitrogens with zero attached hydrogens (tertiary/aromatic N) is 3. The molecule has 0 unspecified atom stereocenters. The Bertz CT molecular complexity index is 1370. The highest BCUT2D eigenvalue weighted by atomic mass is 16.1. The number of benzene rings is 4. The SMILES string of the molecule is CC(C)c1ccc(-n2nc3ccc(NC(=O)C(c4ccccc4)c4ccccc4)cc3n2)cc1. The summed E-state index contributed by atoms with van der Waals surface area (Å²) in [6.07, 6.45) is 0. The summed E-state index contributed by atoms with van der Waals surface area (Å²) in [4.78, 5) is 15.0. The Hall–Kier alpha value is -4.25. The van der Waals surface area contributed by atoms with E-state index < -0.39 is 5.92 Å². The number of carbonyl (C=O) groups is 1. The van der Waals surface area contributed by atoms with Gasteiger partial charge in [-0.25, -0.2) is 0 Å². The standard InChI is InChI=1S/C29H26N4O/c1-20(2)21-13-16-25(17-14-21)33-31-26-18-15-24(19-27(26)32-33)30-29(34)28(22-9-5-3-6-10-22)23-11-7-4-8-12-23/h3-20,28H,1-2H3,(H,30,34). The van der Waals surface area contributed by atoms with Gasteiger partial charge in [0.05, 0.1) is 11.6 Å². The molecule has 0 saturated carbocycles. The number of hydrogen-bond acceptors (Lipinski definition) is 3. The van der Waals surface area contributed by atoms with Crippen molar-refractivity contribution in [2.45, 2.75) is 25.7 Å². The van der Waals surface area contributed by atoms with Crippen LogP contribution in [0.4, 0.5) is 5.69 Å². The number of nitrogens with one attached hydrogen (secondary N) is 1. The highest BCUT2D eigenvalue weighted by molar-refractivity contribution is 5.99. The van der Waals surface area contributed by atoms with E-state index >= 15 is 0 Å². The van der Waals surface area contributed by atoms with E-state index in [0.29, 0.717) is 11.6 Å². The molecule has 5 rings (SSSR count). The second kappa shape index (κ2) is 9.32. The molecule has 1 amide bonds. The Labute approximate surface area is 199 Å². The van der Waals surface area contributed by atoms with Crippen molar-refractivity contribution in [3.05, 3.63) is 120 Å². The van der Waals surface area contributed by atoms with Crippen molar-refractivity contribution in [2.24, 2.45) is 0 Å². The normalized spacial score (nSPS) is 11.3. The van der Waals surface area contributed by atoms with Crippen LogP contribution in [0.1, 0.15) is 42.4 Å². The van der Waals surface area contributed by atoms with Crippen molar-refractivity contribution < 1.29 is 4.79 Å². The molecule has 0 radical (unpaired) electrons. The van der Waals surface area contributed by atoms with Crippen LogP contribution in [0.5, 0.6) is 0 Å². The summed E-state index contributed by atoms with van der Waals surface area (Å²) in [5.74, 6) is -0.0258. The van der Waals surface area contributed by atoms with Crippen LogP contribution in [0.25, 0.3) is 16.7 Å². The Kier molecular flexibility index (Phi) is 5.91. The van der Waals surface area contributed by atoms with Crippen molar-refractivity contribution >= 4 is 22.6 Å². The van der Waals surface area contributed by atoms with Gasteiger partial charge in [-0.15, -0.1) is 10.2 Å². The van der Waals surface area contributed by atoms with Crippen molar-refractivity contribution in [3.63, 3.8) is 0 Å². The Balaban J connectivity index is 1.42. The van der Waals surface area contributed by atoms with Gasteiger partial charge < -0.3 is 5.32 Å². The predicted molar refractivity (Wildman–Crippen MR) is 136 cm³/mol. The molecule has 5 aromatic rings. The van der Waals surface area contributed by atoms with E-state index in [1.165, 1.54) is 5.56 Å². The Morgan fingerprint density at radius 1 is 0.706 bits per heavy atom. The molecule has 5 nitrogen and oxygen atoms in total. The molecule has 168 valence electrons. The molecule has 5 heteroatoms. The van der Waals surface area contributed by atoms with Crippen molar-refractivity contribution in [1.29, 1.82) is 0 Å². The second-order valence-corrected chi connectivity index (χ2v) is 8.68. The quantitative estimate of drug-likeness (QED) is 0.332. The first-order valence-electron chi connectivity index (χ1n) is 11.5. The molecule has 0 spiro atoms. The molecule has 0 aliphatic heterocycles. The summed E-state index contributed by atoms with van der Waals surface area (Å²) in [5, 5.41) is 12.3. The molecule has 0 atom stereocenters. The summed E-state index contributed by atoms with van der Waals surface area (Å²) in [6.45, 7) is 4.34. The lowest BCUT2D eigenvalue weighted by molar-refractivity contribution is -0.116. The maximum Gasteiger partial charge on any atom is 0.236 e. The molecule has 0 aliphatic rings. The fraction of sp³-hybridized carbons (Fsp3) is 0.138. The van der Waals surface area contributed by atoms with Gasteiger partial charge in [-0.05, 0) is 52.9 Å². The molecule has 0 saturated heterocycles. The number of amides is 1. The summed E-state index contributed by atoms with van der Waals surface area (Å²) < 4.78 is 0. The van der Waals surface area contributed by atoms with Gasteiger partial charge in [-0.3, -0.25) is 4.79 Å². The fourth-order valence-corrected chi connectivity index (χ4v) is 4.10. The number of hydrogen-bond donors (Lipinski definition) is 1. The van der Waals surface area contributed by atoms with Crippen LogP contribution < -0.4 is 5.32 Å². The molecule has 1 N–H and O–H groups in total. The molecule has 4 aromatic carbocycles. The Morgan fingerprint density at radius 3 is 1.88 bits per heavy atom. The molecule has 0 fully saturated rings. The lowest BCUT2D eigenvalue weighted by Crippen LogP contribution is -2.22. The molecule has 0 bridgehead atoms. The van der Waals surface area contributed by atoms with Gasteiger partial charge in [0.15, 0.2) is 0 Å². The number of aromatic nitrogens is 3. The first-order valence-corrected chi connectivity index (χ1v) is 11.5. The lowest BCUT2D eigenvalue weighted by Gasteiger charge is -2.18. The van der Waals surface area contributed by atoms with Crippen LogP contribution in [0, 0.1) is 0 Å². The predicted octanol–water partition coefficient (Wildman–Crippen LogP) is 6.31. The molecule has 1 heterocycles. The second-order valence-electron chi connectivity index (χ2n) is 8.68. The fourth-order valence-electron chi connectivity index (χ4n) is 4.10. The molecular weight excluding hydrogens is 420 g/mol. The zero-order valence-corrected chi connectivity index (χ0v) is 19.2. The first kappa shape index (κ1) is 21.6. The Morgan fingerprint density at radius 2 is 1.29 bits per heavy atom. The van der Waals surface area contributed by atoms with Gasteiger partial charge in [0.2, 0.25) is 5.91 Å². The van der Waals surface area contributed by atoms with Crippen LogP contribution in [0.2, 0.25) is 0 Å². The van der Waals surface area contributed by atoms with Crippen LogP contribution in [-0.4, -0.2) is 20.9 Å². The topological polar surface area (TPSA) is 59.8 Å². The largest absolute Gasteiger partial charge is 0.325 e. The first-order chi connectivity index (χ1) is 16.6. The van der Waals surface area contributed by atoms with Crippen LogP contribution in [0.15, 0.2) is 103 Å². The van der Waals surface area contributed by atoms with Gasteiger partial charge in [0, 0.05) is 5.69 Å². The molecule has 34 heavy (non-hydrogen) atoms. The highest BCUT2D eigenvalue weighted by Crippen LogP contribution is 2.27. The average molecular weight is 447 g/mol. The number of carbonyl (C=O) groups excluding carboxylic acids is 1. The van der Waals surface area contributed by atoms with Crippen molar-refractivity contribution in [2.75, 3.05) is 5.32 Å². The minimum absolute atomic E-state index is 0.0894.